The van der Waals surface area contributed by atoms with E-state index in [-0.39, 0.29) is 24.5 Å². The second kappa shape index (κ2) is 6.29. The second-order valence-corrected chi connectivity index (χ2v) is 6.70. The van der Waals surface area contributed by atoms with E-state index in [1.807, 2.05) is 30.3 Å². The maximum Gasteiger partial charge on any atom is 0.328 e. The lowest BCUT2D eigenvalue weighted by atomic mass is 10.0. The summed E-state index contributed by atoms with van der Waals surface area (Å²) in [4.78, 5) is 40.0. The third-order valence-electron chi connectivity index (χ3n) is 5.12. The minimum atomic E-state index is -0.532. The van der Waals surface area contributed by atoms with Crippen LogP contribution in [0.15, 0.2) is 54.6 Å². The number of hydrogen-bond acceptors (Lipinski definition) is 3. The van der Waals surface area contributed by atoms with Gasteiger partial charge < -0.3 is 10.6 Å². The molecule has 0 aliphatic carbocycles. The fourth-order valence-corrected chi connectivity index (χ4v) is 3.89. The van der Waals surface area contributed by atoms with Gasteiger partial charge in [0.05, 0.1) is 12.6 Å². The lowest BCUT2D eigenvalue weighted by molar-refractivity contribution is -0.128. The molecular weight excluding hydrogens is 330 g/mol. The third-order valence-corrected chi connectivity index (χ3v) is 5.12. The molecular formula is C20H19N3O3. The number of urea groups is 1. The Morgan fingerprint density at radius 2 is 1.73 bits per heavy atom. The zero-order valence-electron chi connectivity index (χ0n) is 14.2. The van der Waals surface area contributed by atoms with Crippen molar-refractivity contribution in [3.05, 3.63) is 71.3 Å². The molecule has 0 spiro atoms. The van der Waals surface area contributed by atoms with Crippen molar-refractivity contribution in [3.8, 4) is 0 Å². The number of nitrogens with two attached hydrogens (primary N) is 1. The summed E-state index contributed by atoms with van der Waals surface area (Å²) >= 11 is 0. The molecule has 2 heterocycles. The van der Waals surface area contributed by atoms with Crippen molar-refractivity contribution < 1.29 is 14.4 Å². The van der Waals surface area contributed by atoms with E-state index in [4.69, 9.17) is 5.73 Å². The van der Waals surface area contributed by atoms with E-state index in [1.165, 1.54) is 4.90 Å². The van der Waals surface area contributed by atoms with Gasteiger partial charge in [-0.3, -0.25) is 14.5 Å². The molecule has 2 aromatic rings. The van der Waals surface area contributed by atoms with Gasteiger partial charge in [-0.2, -0.15) is 0 Å². The van der Waals surface area contributed by atoms with Crippen LogP contribution in [-0.4, -0.2) is 33.7 Å². The molecule has 0 bridgehead atoms. The van der Waals surface area contributed by atoms with Crippen LogP contribution in [0, 0.1) is 0 Å². The molecule has 26 heavy (non-hydrogen) atoms. The maximum absolute atomic E-state index is 12.9. The summed E-state index contributed by atoms with van der Waals surface area (Å²) in [7, 11) is 0. The number of hydrogen-bond donors (Lipinski definition) is 1. The Balaban J connectivity index is 1.58. The molecule has 2 unspecified atom stereocenters. The molecule has 4 rings (SSSR count). The average Bonchev–Trinajstić information content (AvgIpc) is 3.19. The van der Waals surface area contributed by atoms with E-state index in [0.717, 1.165) is 12.0 Å². The predicted molar refractivity (Wildman–Crippen MR) is 94.9 cm³/mol. The van der Waals surface area contributed by atoms with Crippen LogP contribution in [0.25, 0.3) is 0 Å². The van der Waals surface area contributed by atoms with Crippen LogP contribution in [0.4, 0.5) is 4.79 Å². The van der Waals surface area contributed by atoms with Crippen LogP contribution in [0.2, 0.25) is 0 Å². The van der Waals surface area contributed by atoms with Gasteiger partial charge in [-0.15, -0.1) is 0 Å². The van der Waals surface area contributed by atoms with Crippen LogP contribution in [-0.2, 0) is 11.3 Å². The largest absolute Gasteiger partial charge is 0.366 e. The Morgan fingerprint density at radius 1 is 1.00 bits per heavy atom. The first-order valence-corrected chi connectivity index (χ1v) is 8.63. The molecule has 2 fully saturated rings. The Labute approximate surface area is 151 Å². The zero-order chi connectivity index (χ0) is 18.3. The van der Waals surface area contributed by atoms with E-state index < -0.39 is 11.9 Å². The Morgan fingerprint density at radius 3 is 2.46 bits per heavy atom. The van der Waals surface area contributed by atoms with Crippen molar-refractivity contribution in [1.29, 1.82) is 0 Å². The number of rotatable bonds is 4. The van der Waals surface area contributed by atoms with Gasteiger partial charge in [0.1, 0.15) is 6.04 Å². The maximum atomic E-state index is 12.9. The zero-order valence-corrected chi connectivity index (χ0v) is 14.2. The molecule has 2 aliphatic rings. The summed E-state index contributed by atoms with van der Waals surface area (Å²) in [5.74, 6) is -0.700. The number of imide groups is 1. The van der Waals surface area contributed by atoms with Crippen molar-refractivity contribution >= 4 is 17.8 Å². The molecule has 0 radical (unpaired) electrons. The normalized spacial score (nSPS) is 22.0. The highest BCUT2D eigenvalue weighted by Gasteiger charge is 2.51. The van der Waals surface area contributed by atoms with E-state index in [0.29, 0.717) is 17.5 Å². The molecule has 132 valence electrons. The van der Waals surface area contributed by atoms with Crippen molar-refractivity contribution in [3.63, 3.8) is 0 Å². The molecule has 2 aliphatic heterocycles. The SMILES string of the molecule is NC(=O)c1cccc(CN2C(=O)C3CCC(c4ccccc4)N3C2=O)c1. The van der Waals surface area contributed by atoms with Gasteiger partial charge in [-0.1, -0.05) is 42.5 Å². The average molecular weight is 349 g/mol. The first-order chi connectivity index (χ1) is 12.6. The summed E-state index contributed by atoms with van der Waals surface area (Å²) in [5.41, 5.74) is 7.43. The van der Waals surface area contributed by atoms with Crippen LogP contribution in [0.3, 0.4) is 0 Å². The molecule has 2 atom stereocenters. The number of primary amides is 1. The van der Waals surface area contributed by atoms with Gasteiger partial charge >= 0.3 is 6.03 Å². The van der Waals surface area contributed by atoms with Gasteiger partial charge in [-0.05, 0) is 36.1 Å². The quantitative estimate of drug-likeness (QED) is 0.861. The van der Waals surface area contributed by atoms with Crippen LogP contribution < -0.4 is 5.73 Å². The molecule has 2 aromatic carbocycles. The topological polar surface area (TPSA) is 83.7 Å². The van der Waals surface area contributed by atoms with Crippen molar-refractivity contribution in [2.45, 2.75) is 31.5 Å². The highest BCUT2D eigenvalue weighted by Crippen LogP contribution is 2.41. The number of carbonyl (C=O) groups is 3. The Hall–Kier alpha value is -3.15. The molecule has 0 aromatic heterocycles. The van der Waals surface area contributed by atoms with Gasteiger partial charge in [-0.25, -0.2) is 4.79 Å². The van der Waals surface area contributed by atoms with Crippen LogP contribution >= 0.6 is 0 Å². The lowest BCUT2D eigenvalue weighted by Crippen LogP contribution is -2.34. The van der Waals surface area contributed by atoms with Gasteiger partial charge in [0.2, 0.25) is 5.91 Å². The van der Waals surface area contributed by atoms with Gasteiger partial charge in [0, 0.05) is 5.56 Å². The van der Waals surface area contributed by atoms with E-state index in [9.17, 15) is 14.4 Å². The highest BCUT2D eigenvalue weighted by atomic mass is 16.2. The third kappa shape index (κ3) is 2.63. The number of benzene rings is 2. The summed E-state index contributed by atoms with van der Waals surface area (Å²) < 4.78 is 0. The smallest absolute Gasteiger partial charge is 0.328 e. The second-order valence-electron chi connectivity index (χ2n) is 6.70. The molecule has 6 heteroatoms. The summed E-state index contributed by atoms with van der Waals surface area (Å²) in [6.07, 6.45) is 1.46. The fourth-order valence-electron chi connectivity index (χ4n) is 3.89. The molecule has 4 amide bonds. The molecule has 6 nitrogen and oxygen atoms in total. The van der Waals surface area contributed by atoms with E-state index in [2.05, 4.69) is 0 Å². The van der Waals surface area contributed by atoms with Crippen molar-refractivity contribution in [2.24, 2.45) is 5.73 Å². The predicted octanol–water partition coefficient (Wildman–Crippen LogP) is 2.45. The Bertz CT molecular complexity index is 881. The Kier molecular flexibility index (Phi) is 3.95. The summed E-state index contributed by atoms with van der Waals surface area (Å²) in [6, 6.07) is 15.8. The van der Waals surface area contributed by atoms with Gasteiger partial charge in [0.25, 0.3) is 5.91 Å². The van der Waals surface area contributed by atoms with Gasteiger partial charge in [0.15, 0.2) is 0 Å². The lowest BCUT2D eigenvalue weighted by Gasteiger charge is -2.24. The van der Waals surface area contributed by atoms with Crippen molar-refractivity contribution in [2.75, 3.05) is 0 Å². The first-order valence-electron chi connectivity index (χ1n) is 8.63. The van der Waals surface area contributed by atoms with E-state index >= 15 is 0 Å². The number of carbonyl (C=O) groups excluding carboxylic acids is 3. The molecule has 2 N–H and O–H groups in total. The number of amides is 4. The minimum absolute atomic E-state index is 0.0698. The monoisotopic (exact) mass is 349 g/mol. The highest BCUT2D eigenvalue weighted by molar-refractivity contribution is 6.04. The van der Waals surface area contributed by atoms with Crippen LogP contribution in [0.5, 0.6) is 0 Å². The fraction of sp³-hybridized carbons (Fsp3) is 0.250. The van der Waals surface area contributed by atoms with Crippen molar-refractivity contribution in [1.82, 2.24) is 9.80 Å². The standard InChI is InChI=1S/C20H19N3O3/c21-18(24)15-8-4-5-13(11-15)12-22-19(25)17-10-9-16(23(17)20(22)26)14-6-2-1-3-7-14/h1-8,11,16-17H,9-10,12H2,(H2,21,24). The molecule has 2 saturated heterocycles. The van der Waals surface area contributed by atoms with E-state index in [1.54, 1.807) is 29.2 Å². The molecule has 0 saturated carbocycles. The number of fused-ring (bicyclic) bond motifs is 1. The minimum Gasteiger partial charge on any atom is -0.366 e. The first kappa shape index (κ1) is 16.3. The summed E-state index contributed by atoms with van der Waals surface area (Å²) in [5, 5.41) is 0. The number of nitrogens with zero attached hydrogens (tertiary/aromatic N) is 2. The van der Waals surface area contributed by atoms with Crippen LogP contribution in [0.1, 0.15) is 40.4 Å². The summed E-state index contributed by atoms with van der Waals surface area (Å²) in [6.45, 7) is 0.146.